The number of benzene rings is 4. The molecule has 0 bridgehead atoms. The van der Waals surface area contributed by atoms with Crippen molar-refractivity contribution in [2.45, 2.75) is 49.9 Å². The van der Waals surface area contributed by atoms with E-state index < -0.39 is 32.9 Å². The largest absolute Gasteiger partial charge is 0.455 e. The lowest BCUT2D eigenvalue weighted by Crippen LogP contribution is -2.54. The molecule has 1 heterocycles. The molecule has 0 spiro atoms. The first-order valence-corrected chi connectivity index (χ1v) is 14.7. The summed E-state index contributed by atoms with van der Waals surface area (Å²) < 4.78 is 82.4. The molecule has 5 rings (SSSR count). The van der Waals surface area contributed by atoms with Crippen LogP contribution in [0.5, 0.6) is 0 Å². The van der Waals surface area contributed by atoms with Crippen molar-refractivity contribution in [3.63, 3.8) is 0 Å². The van der Waals surface area contributed by atoms with E-state index in [1.54, 1.807) is 73.7 Å². The first kappa shape index (κ1) is 29.2. The van der Waals surface area contributed by atoms with Gasteiger partial charge in [0.25, 0.3) is 10.0 Å². The Kier molecular flexibility index (Phi) is 7.30. The minimum Gasteiger partial charge on any atom is -0.433 e. The molecule has 0 fully saturated rings. The minimum absolute atomic E-state index is 0.0894. The highest BCUT2D eigenvalue weighted by molar-refractivity contribution is 7.92. The van der Waals surface area contributed by atoms with Crippen LogP contribution in [0.3, 0.4) is 0 Å². The third-order valence-corrected chi connectivity index (χ3v) is 8.35. The molecule has 1 unspecified atom stereocenters. The number of hydrogen-bond donors (Lipinski definition) is 1. The molecule has 1 aliphatic heterocycles. The lowest BCUT2D eigenvalue weighted by atomic mass is 9.84. The molecule has 4 aromatic carbocycles. The summed E-state index contributed by atoms with van der Waals surface area (Å²) >= 11 is 0. The van der Waals surface area contributed by atoms with Gasteiger partial charge in [0.1, 0.15) is 0 Å². The highest BCUT2D eigenvalue weighted by Gasteiger charge is 2.68. The van der Waals surface area contributed by atoms with Gasteiger partial charge in [-0.15, -0.1) is 5.10 Å². The Balaban J connectivity index is 1.78. The molecule has 0 aliphatic carbocycles. The van der Waals surface area contributed by atoms with Crippen LogP contribution in [0.15, 0.2) is 113 Å². The number of rotatable bonds is 6. The first-order valence-electron chi connectivity index (χ1n) is 13.2. The molecule has 0 saturated heterocycles. The number of halogens is 3. The molecule has 0 saturated carbocycles. The average molecular weight is 594 g/mol. The lowest BCUT2D eigenvalue weighted by Gasteiger charge is -2.39. The van der Waals surface area contributed by atoms with Gasteiger partial charge >= 0.3 is 11.9 Å². The number of nitrogens with zero attached hydrogens (tertiary/aromatic N) is 2. The molecular formula is C32H30F3N3O3S. The summed E-state index contributed by atoms with van der Waals surface area (Å²) in [5.41, 5.74) is -2.70. The molecule has 42 heavy (non-hydrogen) atoms. The number of aryl methyl sites for hydroxylation is 1. The normalized spacial score (nSPS) is 17.5. The molecule has 218 valence electrons. The Morgan fingerprint density at radius 1 is 0.833 bits per heavy atom. The standard InChI is InChI=1S/C32H30F3N3O3S/c1-22-15-18-26(19-16-22)42(39,40)37-28-20-17-24(30(2,3)4)21-27(28)31(32(33,34)35)38(25-13-9-6-10-14-25)36-29(41-31)23-11-7-5-8-12-23/h5-21,37H,1-4H3. The van der Waals surface area contributed by atoms with Gasteiger partial charge in [-0.05, 0) is 66.4 Å². The number of hydrazone groups is 1. The van der Waals surface area contributed by atoms with Gasteiger partial charge in [-0.3, -0.25) is 4.72 Å². The Hall–Kier alpha value is -4.31. The Morgan fingerprint density at radius 2 is 1.43 bits per heavy atom. The van der Waals surface area contributed by atoms with Crippen LogP contribution in [0.2, 0.25) is 0 Å². The third kappa shape index (κ3) is 5.34. The number of sulfonamides is 1. The van der Waals surface area contributed by atoms with Gasteiger partial charge in [-0.2, -0.15) is 13.2 Å². The van der Waals surface area contributed by atoms with E-state index >= 15 is 13.2 Å². The quantitative estimate of drug-likeness (QED) is 0.249. The topological polar surface area (TPSA) is 71.0 Å². The van der Waals surface area contributed by atoms with Crippen molar-refractivity contribution < 1.29 is 26.3 Å². The summed E-state index contributed by atoms with van der Waals surface area (Å²) in [5, 5.41) is 5.13. The van der Waals surface area contributed by atoms with Crippen LogP contribution >= 0.6 is 0 Å². The SMILES string of the molecule is Cc1ccc(S(=O)(=O)Nc2ccc(C(C)(C)C)cc2C2(C(F)(F)F)OC(c3ccccc3)=NN2c2ccccc2)cc1. The molecule has 0 radical (unpaired) electrons. The third-order valence-electron chi connectivity index (χ3n) is 6.97. The van der Waals surface area contributed by atoms with Gasteiger partial charge in [0.05, 0.1) is 21.8 Å². The number of anilines is 2. The maximum absolute atomic E-state index is 15.7. The van der Waals surface area contributed by atoms with Gasteiger partial charge in [0, 0.05) is 5.56 Å². The first-order chi connectivity index (χ1) is 19.7. The number of para-hydroxylation sites is 1. The fourth-order valence-electron chi connectivity index (χ4n) is 4.67. The van der Waals surface area contributed by atoms with E-state index in [0.29, 0.717) is 11.1 Å². The summed E-state index contributed by atoms with van der Waals surface area (Å²) in [7, 11) is -4.28. The van der Waals surface area contributed by atoms with Crippen LogP contribution in [0.1, 0.15) is 43.0 Å². The Bertz CT molecular complexity index is 1720. The van der Waals surface area contributed by atoms with Crippen LogP contribution in [-0.4, -0.2) is 20.5 Å². The van der Waals surface area contributed by atoms with Crippen molar-refractivity contribution in [2.24, 2.45) is 5.10 Å². The predicted molar refractivity (Wildman–Crippen MR) is 158 cm³/mol. The summed E-state index contributed by atoms with van der Waals surface area (Å²) in [6, 6.07) is 26.5. The molecule has 1 aliphatic rings. The highest BCUT2D eigenvalue weighted by Crippen LogP contribution is 2.53. The van der Waals surface area contributed by atoms with Crippen molar-refractivity contribution in [3.05, 3.63) is 125 Å². The zero-order valence-corrected chi connectivity index (χ0v) is 24.3. The molecule has 6 nitrogen and oxygen atoms in total. The fraction of sp³-hybridized carbons (Fsp3) is 0.219. The van der Waals surface area contributed by atoms with E-state index in [9.17, 15) is 8.42 Å². The van der Waals surface area contributed by atoms with Crippen molar-refractivity contribution in [2.75, 3.05) is 9.73 Å². The summed E-state index contributed by atoms with van der Waals surface area (Å²) in [5.74, 6) is -0.259. The Morgan fingerprint density at radius 3 is 2.00 bits per heavy atom. The van der Waals surface area contributed by atoms with Crippen molar-refractivity contribution >= 4 is 27.3 Å². The van der Waals surface area contributed by atoms with Crippen LogP contribution in [0.4, 0.5) is 24.5 Å². The summed E-state index contributed by atoms with van der Waals surface area (Å²) in [4.78, 5) is -0.0894. The second kappa shape index (κ2) is 10.5. The molecule has 10 heteroatoms. The van der Waals surface area contributed by atoms with Gasteiger partial charge in [-0.1, -0.05) is 80.9 Å². The summed E-state index contributed by atoms with van der Waals surface area (Å²) in [6.45, 7) is 7.39. The van der Waals surface area contributed by atoms with E-state index in [1.165, 1.54) is 36.4 Å². The van der Waals surface area contributed by atoms with E-state index in [4.69, 9.17) is 4.74 Å². The molecule has 0 aromatic heterocycles. The van der Waals surface area contributed by atoms with E-state index in [2.05, 4.69) is 9.82 Å². The average Bonchev–Trinajstić information content (AvgIpc) is 3.36. The van der Waals surface area contributed by atoms with E-state index in [-0.39, 0.29) is 22.2 Å². The fourth-order valence-corrected chi connectivity index (χ4v) is 5.75. The molecule has 1 N–H and O–H groups in total. The Labute approximate surface area is 243 Å². The predicted octanol–water partition coefficient (Wildman–Crippen LogP) is 7.71. The highest BCUT2D eigenvalue weighted by atomic mass is 32.2. The van der Waals surface area contributed by atoms with Crippen LogP contribution in [-0.2, 0) is 25.9 Å². The molecule has 4 aromatic rings. The minimum atomic E-state index is -5.09. The number of hydrogen-bond acceptors (Lipinski definition) is 5. The van der Waals surface area contributed by atoms with Crippen LogP contribution in [0.25, 0.3) is 0 Å². The van der Waals surface area contributed by atoms with Crippen LogP contribution < -0.4 is 9.73 Å². The summed E-state index contributed by atoms with van der Waals surface area (Å²) in [6.07, 6.45) is -5.09. The van der Waals surface area contributed by atoms with E-state index in [0.717, 1.165) is 10.6 Å². The van der Waals surface area contributed by atoms with Crippen LogP contribution in [0, 0.1) is 6.92 Å². The number of ether oxygens (including phenoxy) is 1. The monoisotopic (exact) mass is 593 g/mol. The van der Waals surface area contributed by atoms with Crippen molar-refractivity contribution in [1.29, 1.82) is 0 Å². The van der Waals surface area contributed by atoms with Crippen molar-refractivity contribution in [1.82, 2.24) is 0 Å². The van der Waals surface area contributed by atoms with Gasteiger partial charge in [-0.25, -0.2) is 13.4 Å². The zero-order chi connectivity index (χ0) is 30.3. The molecule has 0 amide bonds. The smallest absolute Gasteiger partial charge is 0.433 e. The van der Waals surface area contributed by atoms with Crippen molar-refractivity contribution in [3.8, 4) is 0 Å². The molecular weight excluding hydrogens is 563 g/mol. The number of alkyl halides is 3. The van der Waals surface area contributed by atoms with E-state index in [1.807, 2.05) is 20.8 Å². The van der Waals surface area contributed by atoms with Gasteiger partial charge in [0.2, 0.25) is 5.90 Å². The zero-order valence-electron chi connectivity index (χ0n) is 23.5. The maximum Gasteiger partial charge on any atom is 0.455 e. The van der Waals surface area contributed by atoms with Gasteiger partial charge in [0.15, 0.2) is 0 Å². The number of nitrogens with one attached hydrogen (secondary N) is 1. The maximum atomic E-state index is 15.7. The van der Waals surface area contributed by atoms with Gasteiger partial charge < -0.3 is 4.74 Å². The lowest BCUT2D eigenvalue weighted by molar-refractivity contribution is -0.253. The molecule has 1 atom stereocenters. The second-order valence-corrected chi connectivity index (χ2v) is 12.8. The second-order valence-electron chi connectivity index (χ2n) is 11.1.